The number of esters is 1. The van der Waals surface area contributed by atoms with Crippen molar-refractivity contribution >= 4 is 11.9 Å². The molecule has 2 aromatic carbocycles. The Kier molecular flexibility index (Phi) is 6.84. The zero-order valence-electron chi connectivity index (χ0n) is 17.5. The molecule has 0 aliphatic rings. The molecule has 28 heavy (non-hydrogen) atoms. The van der Waals surface area contributed by atoms with Gasteiger partial charge in [0.2, 0.25) is 0 Å². The van der Waals surface area contributed by atoms with Crippen LogP contribution in [0.3, 0.4) is 0 Å². The summed E-state index contributed by atoms with van der Waals surface area (Å²) in [6.07, 6.45) is -0.916. The molecule has 5 heteroatoms. The van der Waals surface area contributed by atoms with Crippen molar-refractivity contribution < 1.29 is 19.1 Å². The summed E-state index contributed by atoms with van der Waals surface area (Å²) in [5, 5.41) is 0. The lowest BCUT2D eigenvalue weighted by molar-refractivity contribution is -0.145. The Bertz CT molecular complexity index is 824. The van der Waals surface area contributed by atoms with Gasteiger partial charge >= 0.3 is 5.97 Å². The fourth-order valence-electron chi connectivity index (χ4n) is 2.89. The molecule has 0 spiro atoms. The molecule has 2 aromatic rings. The van der Waals surface area contributed by atoms with Crippen LogP contribution in [0, 0.1) is 6.92 Å². The van der Waals surface area contributed by atoms with Crippen LogP contribution in [0.25, 0.3) is 0 Å². The smallest absolute Gasteiger partial charge is 0.342 e. The Labute approximate surface area is 167 Å². The van der Waals surface area contributed by atoms with Crippen molar-refractivity contribution in [1.82, 2.24) is 4.90 Å². The fraction of sp³-hybridized carbons (Fsp3) is 0.391. The Morgan fingerprint density at radius 1 is 1.07 bits per heavy atom. The zero-order valence-corrected chi connectivity index (χ0v) is 17.5. The average molecular weight is 383 g/mol. The largest absolute Gasteiger partial charge is 0.496 e. The van der Waals surface area contributed by atoms with Crippen LogP contribution < -0.4 is 4.74 Å². The van der Waals surface area contributed by atoms with E-state index in [1.165, 1.54) is 7.11 Å². The number of hydrogen-bond acceptors (Lipinski definition) is 4. The number of rotatable bonds is 6. The first-order valence-electron chi connectivity index (χ1n) is 9.34. The van der Waals surface area contributed by atoms with Crippen molar-refractivity contribution in [2.24, 2.45) is 0 Å². The van der Waals surface area contributed by atoms with Crippen LogP contribution in [0.4, 0.5) is 0 Å². The van der Waals surface area contributed by atoms with Gasteiger partial charge in [0.1, 0.15) is 11.3 Å². The van der Waals surface area contributed by atoms with E-state index in [9.17, 15) is 9.59 Å². The van der Waals surface area contributed by atoms with E-state index in [4.69, 9.17) is 9.47 Å². The molecule has 5 nitrogen and oxygen atoms in total. The Morgan fingerprint density at radius 2 is 1.71 bits per heavy atom. The van der Waals surface area contributed by atoms with Gasteiger partial charge in [0.05, 0.1) is 7.11 Å². The second-order valence-electron chi connectivity index (χ2n) is 7.83. The molecule has 0 saturated carbocycles. The number of nitrogens with zero attached hydrogens (tertiary/aromatic N) is 1. The highest BCUT2D eigenvalue weighted by atomic mass is 16.5. The summed E-state index contributed by atoms with van der Waals surface area (Å²) in [7, 11) is 1.50. The molecule has 0 aliphatic heterocycles. The van der Waals surface area contributed by atoms with Crippen LogP contribution >= 0.6 is 0 Å². The first-order valence-corrected chi connectivity index (χ1v) is 9.34. The molecule has 0 aromatic heterocycles. The fourth-order valence-corrected chi connectivity index (χ4v) is 2.89. The summed E-state index contributed by atoms with van der Waals surface area (Å²) in [5.74, 6) is -0.390. The molecule has 0 radical (unpaired) electrons. The first-order chi connectivity index (χ1) is 13.1. The Hall–Kier alpha value is -2.82. The summed E-state index contributed by atoms with van der Waals surface area (Å²) < 4.78 is 10.7. The van der Waals surface area contributed by atoms with E-state index >= 15 is 0 Å². The topological polar surface area (TPSA) is 55.8 Å². The van der Waals surface area contributed by atoms with E-state index in [0.717, 1.165) is 11.1 Å². The standard InChI is InChI=1S/C23H29NO4/c1-16-12-13-20(27-6)19(14-16)22(26)28-17(2)21(25)24(23(3,4)5)15-18-10-8-7-9-11-18/h7-14,17H,15H2,1-6H3/t17-/m1/s1. The summed E-state index contributed by atoms with van der Waals surface area (Å²) in [4.78, 5) is 27.5. The lowest BCUT2D eigenvalue weighted by Gasteiger charge is -2.37. The van der Waals surface area contributed by atoms with E-state index in [0.29, 0.717) is 17.9 Å². The minimum absolute atomic E-state index is 0.240. The minimum Gasteiger partial charge on any atom is -0.496 e. The molecule has 0 heterocycles. The third kappa shape index (κ3) is 5.35. The highest BCUT2D eigenvalue weighted by Gasteiger charge is 2.32. The van der Waals surface area contributed by atoms with Crippen molar-refractivity contribution in [3.63, 3.8) is 0 Å². The van der Waals surface area contributed by atoms with Crippen LogP contribution in [-0.2, 0) is 16.1 Å². The van der Waals surface area contributed by atoms with Gasteiger partial charge in [-0.05, 0) is 52.3 Å². The summed E-state index contributed by atoms with van der Waals surface area (Å²) >= 11 is 0. The number of carbonyl (C=O) groups is 2. The van der Waals surface area contributed by atoms with Gasteiger partial charge in [0.25, 0.3) is 5.91 Å². The molecule has 1 amide bonds. The lowest BCUT2D eigenvalue weighted by atomic mass is 10.0. The van der Waals surface area contributed by atoms with Gasteiger partial charge in [-0.3, -0.25) is 4.79 Å². The number of hydrogen-bond donors (Lipinski definition) is 0. The molecule has 0 aliphatic carbocycles. The van der Waals surface area contributed by atoms with E-state index in [2.05, 4.69) is 0 Å². The number of ether oxygens (including phenoxy) is 2. The maximum atomic E-state index is 13.1. The van der Waals surface area contributed by atoms with Crippen LogP contribution in [-0.4, -0.2) is 35.5 Å². The molecule has 2 rings (SSSR count). The highest BCUT2D eigenvalue weighted by molar-refractivity contribution is 5.95. The van der Waals surface area contributed by atoms with Gasteiger partial charge < -0.3 is 14.4 Å². The molecule has 1 atom stereocenters. The van der Waals surface area contributed by atoms with E-state index in [1.54, 1.807) is 24.0 Å². The summed E-state index contributed by atoms with van der Waals surface area (Å²) in [6.45, 7) is 9.82. The maximum Gasteiger partial charge on any atom is 0.342 e. The zero-order chi connectivity index (χ0) is 20.9. The number of aryl methyl sites for hydroxylation is 1. The lowest BCUT2D eigenvalue weighted by Crippen LogP contribution is -2.49. The summed E-state index contributed by atoms with van der Waals surface area (Å²) in [5.41, 5.74) is 1.82. The normalized spacial score (nSPS) is 12.2. The van der Waals surface area contributed by atoms with Crippen molar-refractivity contribution in [2.45, 2.75) is 52.8 Å². The molecule has 0 unspecified atom stereocenters. The monoisotopic (exact) mass is 383 g/mol. The second-order valence-corrected chi connectivity index (χ2v) is 7.83. The Morgan fingerprint density at radius 3 is 2.29 bits per heavy atom. The van der Waals surface area contributed by atoms with Gasteiger partial charge in [-0.25, -0.2) is 4.79 Å². The first kappa shape index (κ1) is 21.5. The molecular weight excluding hydrogens is 354 g/mol. The molecule has 150 valence electrons. The number of amides is 1. The molecule has 0 bridgehead atoms. The average Bonchev–Trinajstić information content (AvgIpc) is 2.65. The van der Waals surface area contributed by atoms with Crippen molar-refractivity contribution in [1.29, 1.82) is 0 Å². The molecule has 0 N–H and O–H groups in total. The van der Waals surface area contributed by atoms with Gasteiger partial charge in [-0.1, -0.05) is 42.0 Å². The Balaban J connectivity index is 2.19. The van der Waals surface area contributed by atoms with Crippen molar-refractivity contribution in [3.05, 3.63) is 65.2 Å². The van der Waals surface area contributed by atoms with Crippen molar-refractivity contribution in [2.75, 3.05) is 7.11 Å². The van der Waals surface area contributed by atoms with Gasteiger partial charge in [0, 0.05) is 12.1 Å². The van der Waals surface area contributed by atoms with Gasteiger partial charge in [-0.15, -0.1) is 0 Å². The maximum absolute atomic E-state index is 13.1. The summed E-state index contributed by atoms with van der Waals surface area (Å²) in [6, 6.07) is 15.0. The predicted molar refractivity (Wildman–Crippen MR) is 109 cm³/mol. The third-order valence-electron chi connectivity index (χ3n) is 4.47. The van der Waals surface area contributed by atoms with E-state index < -0.39 is 17.6 Å². The van der Waals surface area contributed by atoms with E-state index in [1.807, 2.05) is 64.1 Å². The molecule has 0 fully saturated rings. The third-order valence-corrected chi connectivity index (χ3v) is 4.47. The van der Waals surface area contributed by atoms with Crippen LogP contribution in [0.15, 0.2) is 48.5 Å². The highest BCUT2D eigenvalue weighted by Crippen LogP contribution is 2.23. The van der Waals surface area contributed by atoms with Gasteiger partial charge in [0.15, 0.2) is 6.10 Å². The molecular formula is C23H29NO4. The van der Waals surface area contributed by atoms with E-state index in [-0.39, 0.29) is 5.91 Å². The van der Waals surface area contributed by atoms with Crippen LogP contribution in [0.2, 0.25) is 0 Å². The number of benzene rings is 2. The minimum atomic E-state index is -0.916. The van der Waals surface area contributed by atoms with Crippen LogP contribution in [0.1, 0.15) is 49.2 Å². The number of methoxy groups -OCH3 is 1. The van der Waals surface area contributed by atoms with Crippen molar-refractivity contribution in [3.8, 4) is 5.75 Å². The molecule has 0 saturated heterocycles. The quantitative estimate of drug-likeness (QED) is 0.695. The SMILES string of the molecule is COc1ccc(C)cc1C(=O)O[C@H](C)C(=O)N(Cc1ccccc1)C(C)(C)C. The van der Waals surface area contributed by atoms with Crippen LogP contribution in [0.5, 0.6) is 5.75 Å². The predicted octanol–water partition coefficient (Wildman–Crippen LogP) is 4.38. The van der Waals surface area contributed by atoms with Gasteiger partial charge in [-0.2, -0.15) is 0 Å². The second kappa shape index (κ2) is 8.91. The number of carbonyl (C=O) groups excluding carboxylic acids is 2.